The summed E-state index contributed by atoms with van der Waals surface area (Å²) in [6, 6.07) is 2.72. The Morgan fingerprint density at radius 1 is 1.30 bits per heavy atom. The van der Waals surface area contributed by atoms with Crippen LogP contribution in [-0.4, -0.2) is 33.0 Å². The van der Waals surface area contributed by atoms with Crippen molar-refractivity contribution in [1.29, 1.82) is 0 Å². The molecule has 3 rings (SSSR count). The van der Waals surface area contributed by atoms with Gasteiger partial charge in [-0.15, -0.1) is 0 Å². The molecule has 0 aliphatic heterocycles. The molecule has 0 atom stereocenters. The SMILES string of the molecule is CN(c1ncnc2c1ccn2C)C1CCC(CBr)CC1. The van der Waals surface area contributed by atoms with E-state index in [1.165, 1.54) is 25.7 Å². The molecule has 2 aromatic rings. The molecule has 0 amide bonds. The molecule has 0 bridgehead atoms. The smallest absolute Gasteiger partial charge is 0.145 e. The van der Waals surface area contributed by atoms with Crippen LogP contribution in [0.3, 0.4) is 0 Å². The Kier molecular flexibility index (Phi) is 3.96. The molecule has 0 N–H and O–H groups in total. The van der Waals surface area contributed by atoms with Crippen LogP contribution in [0.25, 0.3) is 11.0 Å². The largest absolute Gasteiger partial charge is 0.356 e. The van der Waals surface area contributed by atoms with Crippen molar-refractivity contribution in [2.24, 2.45) is 13.0 Å². The van der Waals surface area contributed by atoms with E-state index >= 15 is 0 Å². The zero-order valence-electron chi connectivity index (χ0n) is 12.1. The van der Waals surface area contributed by atoms with Gasteiger partial charge in [0.15, 0.2) is 0 Å². The van der Waals surface area contributed by atoms with Crippen molar-refractivity contribution in [2.45, 2.75) is 31.7 Å². The second kappa shape index (κ2) is 5.72. The van der Waals surface area contributed by atoms with Crippen LogP contribution in [0.2, 0.25) is 0 Å². The first-order valence-corrected chi connectivity index (χ1v) is 8.37. The van der Waals surface area contributed by atoms with Crippen molar-refractivity contribution in [2.75, 3.05) is 17.3 Å². The number of fused-ring (bicyclic) bond motifs is 1. The third-order valence-electron chi connectivity index (χ3n) is 4.56. The third kappa shape index (κ3) is 2.43. The fraction of sp³-hybridized carbons (Fsp3) is 0.600. The number of anilines is 1. The number of nitrogens with zero attached hydrogens (tertiary/aromatic N) is 4. The van der Waals surface area contributed by atoms with Crippen LogP contribution < -0.4 is 4.90 Å². The van der Waals surface area contributed by atoms with Gasteiger partial charge in [-0.05, 0) is 37.7 Å². The van der Waals surface area contributed by atoms with Crippen LogP contribution in [0.1, 0.15) is 25.7 Å². The van der Waals surface area contributed by atoms with Gasteiger partial charge >= 0.3 is 0 Å². The first-order valence-electron chi connectivity index (χ1n) is 7.25. The normalized spacial score (nSPS) is 23.1. The quantitative estimate of drug-likeness (QED) is 0.806. The van der Waals surface area contributed by atoms with Gasteiger partial charge < -0.3 is 9.47 Å². The Morgan fingerprint density at radius 3 is 2.75 bits per heavy atom. The molecule has 1 saturated carbocycles. The van der Waals surface area contributed by atoms with Crippen LogP contribution in [-0.2, 0) is 7.05 Å². The van der Waals surface area contributed by atoms with E-state index in [4.69, 9.17) is 0 Å². The van der Waals surface area contributed by atoms with E-state index in [-0.39, 0.29) is 0 Å². The molecule has 1 aliphatic carbocycles. The number of alkyl halides is 1. The lowest BCUT2D eigenvalue weighted by Gasteiger charge is -2.35. The highest BCUT2D eigenvalue weighted by atomic mass is 79.9. The summed E-state index contributed by atoms with van der Waals surface area (Å²) in [7, 11) is 4.20. The minimum absolute atomic E-state index is 0.601. The molecule has 4 nitrogen and oxygen atoms in total. The molecule has 0 unspecified atom stereocenters. The summed E-state index contributed by atoms with van der Waals surface area (Å²) in [5.41, 5.74) is 1.01. The van der Waals surface area contributed by atoms with Crippen LogP contribution in [0, 0.1) is 5.92 Å². The van der Waals surface area contributed by atoms with Crippen molar-refractivity contribution >= 4 is 32.8 Å². The Morgan fingerprint density at radius 2 is 2.05 bits per heavy atom. The van der Waals surface area contributed by atoms with Gasteiger partial charge in [-0.3, -0.25) is 0 Å². The fourth-order valence-corrected chi connectivity index (χ4v) is 3.85. The molecule has 5 heteroatoms. The van der Waals surface area contributed by atoms with Gasteiger partial charge in [0.2, 0.25) is 0 Å². The molecule has 2 heterocycles. The summed E-state index contributed by atoms with van der Waals surface area (Å²) in [6.07, 6.45) is 8.86. The van der Waals surface area contributed by atoms with Gasteiger partial charge in [-0.2, -0.15) is 0 Å². The minimum Gasteiger partial charge on any atom is -0.356 e. The summed E-state index contributed by atoms with van der Waals surface area (Å²) in [5.74, 6) is 1.92. The highest BCUT2D eigenvalue weighted by Gasteiger charge is 2.25. The lowest BCUT2D eigenvalue weighted by atomic mass is 9.86. The number of aryl methyl sites for hydroxylation is 1. The van der Waals surface area contributed by atoms with Crippen LogP contribution in [0.15, 0.2) is 18.6 Å². The predicted octanol–water partition coefficient (Wildman–Crippen LogP) is 3.36. The van der Waals surface area contributed by atoms with Gasteiger partial charge in [0.1, 0.15) is 17.8 Å². The maximum absolute atomic E-state index is 4.53. The highest BCUT2D eigenvalue weighted by molar-refractivity contribution is 9.09. The molecule has 0 radical (unpaired) electrons. The van der Waals surface area contributed by atoms with Gasteiger partial charge in [-0.25, -0.2) is 9.97 Å². The van der Waals surface area contributed by atoms with E-state index in [9.17, 15) is 0 Å². The molecule has 108 valence electrons. The van der Waals surface area contributed by atoms with Crippen molar-refractivity contribution in [3.8, 4) is 0 Å². The van der Waals surface area contributed by atoms with E-state index < -0.39 is 0 Å². The topological polar surface area (TPSA) is 34.0 Å². The Bertz CT molecular complexity index is 587. The van der Waals surface area contributed by atoms with Crippen LogP contribution in [0.4, 0.5) is 5.82 Å². The first kappa shape index (κ1) is 13.9. The maximum Gasteiger partial charge on any atom is 0.145 e. The molecule has 2 aromatic heterocycles. The van der Waals surface area contributed by atoms with E-state index in [1.807, 2.05) is 7.05 Å². The number of aromatic nitrogens is 3. The van der Waals surface area contributed by atoms with E-state index in [2.05, 4.69) is 54.7 Å². The molecule has 1 aliphatic rings. The standard InChI is InChI=1S/C15H21BrN4/c1-19-8-7-13-14(19)17-10-18-15(13)20(2)12-5-3-11(9-16)4-6-12/h7-8,10-12H,3-6,9H2,1-2H3. The number of hydrogen-bond acceptors (Lipinski definition) is 3. The van der Waals surface area contributed by atoms with E-state index in [0.29, 0.717) is 6.04 Å². The Labute approximate surface area is 128 Å². The molecule has 0 saturated heterocycles. The summed E-state index contributed by atoms with van der Waals surface area (Å²) < 4.78 is 2.05. The van der Waals surface area contributed by atoms with Gasteiger partial charge in [0.05, 0.1) is 5.39 Å². The van der Waals surface area contributed by atoms with Crippen molar-refractivity contribution in [1.82, 2.24) is 14.5 Å². The van der Waals surface area contributed by atoms with Crippen molar-refractivity contribution < 1.29 is 0 Å². The summed E-state index contributed by atoms with van der Waals surface area (Å²) in [4.78, 5) is 11.3. The van der Waals surface area contributed by atoms with Crippen LogP contribution in [0.5, 0.6) is 0 Å². The summed E-state index contributed by atoms with van der Waals surface area (Å²) in [5, 5.41) is 2.29. The lowest BCUT2D eigenvalue weighted by Crippen LogP contribution is -2.36. The second-order valence-corrected chi connectivity index (χ2v) is 6.45. The average molecular weight is 337 g/mol. The molecule has 1 fully saturated rings. The van der Waals surface area contributed by atoms with E-state index in [0.717, 1.165) is 28.1 Å². The molecule has 0 spiro atoms. The predicted molar refractivity (Wildman–Crippen MR) is 86.5 cm³/mol. The number of rotatable bonds is 3. The van der Waals surface area contributed by atoms with Gasteiger partial charge in [0, 0.05) is 31.7 Å². The zero-order valence-corrected chi connectivity index (χ0v) is 13.7. The van der Waals surface area contributed by atoms with E-state index in [1.54, 1.807) is 6.33 Å². The van der Waals surface area contributed by atoms with Gasteiger partial charge in [0.25, 0.3) is 0 Å². The third-order valence-corrected chi connectivity index (χ3v) is 5.47. The summed E-state index contributed by atoms with van der Waals surface area (Å²) >= 11 is 3.61. The molecule has 20 heavy (non-hydrogen) atoms. The lowest BCUT2D eigenvalue weighted by molar-refractivity contribution is 0.346. The minimum atomic E-state index is 0.601. The summed E-state index contributed by atoms with van der Waals surface area (Å²) in [6.45, 7) is 0. The Balaban J connectivity index is 1.84. The van der Waals surface area contributed by atoms with Crippen molar-refractivity contribution in [3.63, 3.8) is 0 Å². The van der Waals surface area contributed by atoms with Gasteiger partial charge in [-0.1, -0.05) is 15.9 Å². The monoisotopic (exact) mass is 336 g/mol. The Hall–Kier alpha value is -1.10. The number of hydrogen-bond donors (Lipinski definition) is 0. The second-order valence-electron chi connectivity index (χ2n) is 5.80. The molecular formula is C15H21BrN4. The molecular weight excluding hydrogens is 316 g/mol. The fourth-order valence-electron chi connectivity index (χ4n) is 3.20. The van der Waals surface area contributed by atoms with Crippen molar-refractivity contribution in [3.05, 3.63) is 18.6 Å². The molecule has 0 aromatic carbocycles. The first-order chi connectivity index (χ1) is 9.70. The zero-order chi connectivity index (χ0) is 14.1. The highest BCUT2D eigenvalue weighted by Crippen LogP contribution is 2.32. The average Bonchev–Trinajstić information content (AvgIpc) is 2.88. The maximum atomic E-state index is 4.53. The number of halogens is 1. The van der Waals surface area contributed by atoms with Crippen LogP contribution >= 0.6 is 15.9 Å².